The summed E-state index contributed by atoms with van der Waals surface area (Å²) in [6.45, 7) is 9.32. The Labute approximate surface area is 288 Å². The summed E-state index contributed by atoms with van der Waals surface area (Å²) in [5.41, 5.74) is 0. The Balaban J connectivity index is 1.80. The molecule has 0 spiro atoms. The van der Waals surface area contributed by atoms with Crippen LogP contribution < -0.4 is 0 Å². The smallest absolute Gasteiger partial charge is 0.320 e. The van der Waals surface area contributed by atoms with E-state index < -0.39 is 5.97 Å². The van der Waals surface area contributed by atoms with Gasteiger partial charge in [-0.15, -0.1) is 0 Å². The van der Waals surface area contributed by atoms with Crippen molar-refractivity contribution in [1.29, 1.82) is 0 Å². The highest BCUT2D eigenvalue weighted by molar-refractivity contribution is 5.75. The number of carboxylic acids is 1. The molecule has 8 nitrogen and oxygen atoms in total. The minimum absolute atomic E-state index is 0.0564. The van der Waals surface area contributed by atoms with E-state index in [2.05, 4.69) is 30.7 Å². The van der Waals surface area contributed by atoms with Crippen LogP contribution >= 0.6 is 0 Å². The second-order valence-electron chi connectivity index (χ2n) is 14.9. The number of hydrogen-bond donors (Lipinski definition) is 1. The lowest BCUT2D eigenvalue weighted by atomic mass is 9.77. The van der Waals surface area contributed by atoms with Crippen LogP contribution in [0.1, 0.15) is 168 Å². The zero-order chi connectivity index (χ0) is 34.1. The van der Waals surface area contributed by atoms with Crippen molar-refractivity contribution in [3.8, 4) is 0 Å². The third kappa shape index (κ3) is 19.1. The zero-order valence-corrected chi connectivity index (χ0v) is 30.9. The van der Waals surface area contributed by atoms with Crippen LogP contribution in [0.5, 0.6) is 0 Å². The van der Waals surface area contributed by atoms with Gasteiger partial charge in [0.1, 0.15) is 0 Å². The van der Waals surface area contributed by atoms with Gasteiger partial charge in [0.2, 0.25) is 0 Å². The Morgan fingerprint density at radius 1 is 0.745 bits per heavy atom. The molecule has 0 radical (unpaired) electrons. The standard InChI is InChI=1S/C39H73N3O5/c1-4-6-8-10-13-17-22-34(23-18-14-11-9-7-5-2)33-47-38(45)32-35-30-36(31-35)42(27-20-16-12-15-19-24-37(43)44)39(46)41-26-21-25-40(3)28-29-41/h34-36H,4-33H2,1-3H3,(H,43,44). The highest BCUT2D eigenvalue weighted by atomic mass is 16.5. The summed E-state index contributed by atoms with van der Waals surface area (Å²) < 4.78 is 5.92. The second-order valence-corrected chi connectivity index (χ2v) is 14.9. The van der Waals surface area contributed by atoms with Gasteiger partial charge in [-0.1, -0.05) is 110 Å². The van der Waals surface area contributed by atoms with Gasteiger partial charge >= 0.3 is 18.0 Å². The number of likely N-dealkylation sites (N-methyl/N-ethyl adjacent to an activating group) is 1. The lowest BCUT2D eigenvalue weighted by molar-refractivity contribution is -0.147. The van der Waals surface area contributed by atoms with E-state index in [0.29, 0.717) is 24.9 Å². The van der Waals surface area contributed by atoms with Gasteiger partial charge in [-0.25, -0.2) is 4.79 Å². The number of unbranched alkanes of at least 4 members (excludes halogenated alkanes) is 14. The van der Waals surface area contributed by atoms with Gasteiger partial charge < -0.3 is 24.5 Å². The summed E-state index contributed by atoms with van der Waals surface area (Å²) >= 11 is 0. The van der Waals surface area contributed by atoms with Crippen LogP contribution in [-0.4, -0.2) is 90.2 Å². The fourth-order valence-electron chi connectivity index (χ4n) is 7.31. The number of esters is 1. The predicted molar refractivity (Wildman–Crippen MR) is 193 cm³/mol. The molecule has 2 fully saturated rings. The summed E-state index contributed by atoms with van der Waals surface area (Å²) in [4.78, 5) is 43.9. The van der Waals surface area contributed by atoms with E-state index in [9.17, 15) is 14.4 Å². The van der Waals surface area contributed by atoms with E-state index in [-0.39, 0.29) is 24.5 Å². The molecular formula is C39H73N3O5. The van der Waals surface area contributed by atoms with Crippen molar-refractivity contribution in [2.45, 2.75) is 174 Å². The average molecular weight is 664 g/mol. The number of urea groups is 1. The maximum absolute atomic E-state index is 13.7. The summed E-state index contributed by atoms with van der Waals surface area (Å²) in [7, 11) is 2.12. The Kier molecular flexibility index (Phi) is 22.9. The minimum atomic E-state index is -0.727. The molecule has 274 valence electrons. The van der Waals surface area contributed by atoms with E-state index >= 15 is 0 Å². The fourth-order valence-corrected chi connectivity index (χ4v) is 7.31. The number of carbonyl (C=O) groups excluding carboxylic acids is 2. The van der Waals surface area contributed by atoms with Crippen LogP contribution in [0, 0.1) is 11.8 Å². The molecule has 0 aromatic carbocycles. The first-order valence-corrected chi connectivity index (χ1v) is 19.9. The molecule has 0 bridgehead atoms. The summed E-state index contributed by atoms with van der Waals surface area (Å²) in [5.74, 6) is -0.00594. The largest absolute Gasteiger partial charge is 0.481 e. The fraction of sp³-hybridized carbons (Fsp3) is 0.923. The van der Waals surface area contributed by atoms with Crippen molar-refractivity contribution in [3.05, 3.63) is 0 Å². The molecule has 1 aliphatic carbocycles. The van der Waals surface area contributed by atoms with E-state index in [1.54, 1.807) is 0 Å². The first-order chi connectivity index (χ1) is 22.8. The van der Waals surface area contributed by atoms with Crippen molar-refractivity contribution in [3.63, 3.8) is 0 Å². The third-order valence-corrected chi connectivity index (χ3v) is 10.5. The number of carboxylic acid groups (broad SMARTS) is 1. The number of ether oxygens (including phenoxy) is 1. The van der Waals surface area contributed by atoms with Gasteiger partial charge in [0.15, 0.2) is 0 Å². The molecule has 0 unspecified atom stereocenters. The molecule has 1 aliphatic heterocycles. The first-order valence-electron chi connectivity index (χ1n) is 19.9. The monoisotopic (exact) mass is 664 g/mol. The van der Waals surface area contributed by atoms with Gasteiger partial charge in [0.05, 0.1) is 6.61 Å². The van der Waals surface area contributed by atoms with E-state index in [0.717, 1.165) is 84.1 Å². The predicted octanol–water partition coefficient (Wildman–Crippen LogP) is 9.30. The van der Waals surface area contributed by atoms with E-state index in [1.807, 2.05) is 4.90 Å². The molecule has 1 saturated heterocycles. The second kappa shape index (κ2) is 26.1. The summed E-state index contributed by atoms with van der Waals surface area (Å²) in [6.07, 6.45) is 26.0. The van der Waals surface area contributed by atoms with Crippen LogP contribution in [-0.2, 0) is 14.3 Å². The molecule has 1 N–H and O–H groups in total. The number of rotatable bonds is 27. The van der Waals surface area contributed by atoms with Crippen molar-refractivity contribution in [2.24, 2.45) is 11.8 Å². The average Bonchev–Trinajstić information content (AvgIpc) is 3.26. The van der Waals surface area contributed by atoms with Crippen LogP contribution in [0.3, 0.4) is 0 Å². The normalized spacial score (nSPS) is 18.6. The molecule has 2 aliphatic rings. The van der Waals surface area contributed by atoms with Crippen LogP contribution in [0.15, 0.2) is 0 Å². The molecule has 0 aromatic heterocycles. The number of aliphatic carboxylic acids is 1. The topological polar surface area (TPSA) is 90.4 Å². The lowest BCUT2D eigenvalue weighted by Crippen LogP contribution is -2.54. The number of nitrogens with zero attached hydrogens (tertiary/aromatic N) is 3. The van der Waals surface area contributed by atoms with Gasteiger partial charge in [-0.2, -0.15) is 0 Å². The Morgan fingerprint density at radius 2 is 1.32 bits per heavy atom. The lowest BCUT2D eigenvalue weighted by Gasteiger charge is -2.44. The van der Waals surface area contributed by atoms with Crippen molar-refractivity contribution in [1.82, 2.24) is 14.7 Å². The first kappa shape index (κ1) is 41.3. The zero-order valence-electron chi connectivity index (χ0n) is 30.9. The number of amides is 2. The van der Waals surface area contributed by atoms with Crippen molar-refractivity contribution in [2.75, 3.05) is 46.4 Å². The molecule has 8 heteroatoms. The molecule has 1 heterocycles. The Bertz CT molecular complexity index is 817. The van der Waals surface area contributed by atoms with Gasteiger partial charge in [0, 0.05) is 45.1 Å². The molecule has 0 aromatic rings. The molecule has 47 heavy (non-hydrogen) atoms. The molecule has 0 atom stereocenters. The maximum Gasteiger partial charge on any atom is 0.320 e. The van der Waals surface area contributed by atoms with Gasteiger partial charge in [-0.3, -0.25) is 9.59 Å². The van der Waals surface area contributed by atoms with Crippen LogP contribution in [0.2, 0.25) is 0 Å². The maximum atomic E-state index is 13.7. The van der Waals surface area contributed by atoms with Crippen LogP contribution in [0.4, 0.5) is 4.79 Å². The molecular weight excluding hydrogens is 590 g/mol. The Morgan fingerprint density at radius 3 is 1.94 bits per heavy atom. The van der Waals surface area contributed by atoms with Crippen molar-refractivity contribution >= 4 is 18.0 Å². The number of carbonyl (C=O) groups is 3. The third-order valence-electron chi connectivity index (χ3n) is 10.5. The van der Waals surface area contributed by atoms with Crippen molar-refractivity contribution < 1.29 is 24.2 Å². The highest BCUT2D eigenvalue weighted by Gasteiger charge is 2.38. The minimum Gasteiger partial charge on any atom is -0.481 e. The Hall–Kier alpha value is -1.83. The molecule has 2 rings (SSSR count). The summed E-state index contributed by atoms with van der Waals surface area (Å²) in [6, 6.07) is 0.353. The SMILES string of the molecule is CCCCCCCCC(CCCCCCCC)COC(=O)CC1CC(N(CCCCCCCC(=O)O)C(=O)N2CCCN(C)CC2)C1. The van der Waals surface area contributed by atoms with Gasteiger partial charge in [0.25, 0.3) is 0 Å². The quantitative estimate of drug-likeness (QED) is 0.0696. The van der Waals surface area contributed by atoms with E-state index in [4.69, 9.17) is 9.84 Å². The molecule has 1 saturated carbocycles. The van der Waals surface area contributed by atoms with Gasteiger partial charge in [-0.05, 0) is 70.4 Å². The number of hydrogen-bond acceptors (Lipinski definition) is 5. The summed E-state index contributed by atoms with van der Waals surface area (Å²) in [5, 5.41) is 8.88. The van der Waals surface area contributed by atoms with Crippen LogP contribution in [0.25, 0.3) is 0 Å². The highest BCUT2D eigenvalue weighted by Crippen LogP contribution is 2.35. The molecule has 2 amide bonds. The van der Waals surface area contributed by atoms with E-state index in [1.165, 1.54) is 89.9 Å².